The van der Waals surface area contributed by atoms with E-state index >= 15 is 0 Å². The fourth-order valence-corrected chi connectivity index (χ4v) is 5.51. The van der Waals surface area contributed by atoms with E-state index in [1.54, 1.807) is 54.6 Å². The van der Waals surface area contributed by atoms with Crippen molar-refractivity contribution in [3.63, 3.8) is 0 Å². The van der Waals surface area contributed by atoms with Gasteiger partial charge in [0, 0.05) is 27.3 Å². The molecule has 0 aromatic heterocycles. The van der Waals surface area contributed by atoms with Gasteiger partial charge < -0.3 is 5.32 Å². The van der Waals surface area contributed by atoms with Crippen molar-refractivity contribution in [1.29, 1.82) is 0 Å². The molecule has 3 aromatic carbocycles. The molecule has 0 fully saturated rings. The summed E-state index contributed by atoms with van der Waals surface area (Å²) in [4.78, 5) is 12.8. The van der Waals surface area contributed by atoms with Crippen LogP contribution in [-0.2, 0) is 16.4 Å². The number of carbonyl (C=O) groups excluding carboxylic acids is 1. The Hall–Kier alpha value is -2.54. The molecule has 0 saturated carbocycles. The zero-order chi connectivity index (χ0) is 21.5. The predicted molar refractivity (Wildman–Crippen MR) is 120 cm³/mol. The fourth-order valence-electron chi connectivity index (χ4n) is 3.57. The molecular formula is C22H18Cl2N2O3S. The number of fused-ring (bicyclic) bond motifs is 1. The summed E-state index contributed by atoms with van der Waals surface area (Å²) in [6.45, 7) is 1.85. The number of hydrogen-bond acceptors (Lipinski definition) is 3. The molecule has 1 aliphatic rings. The second-order valence-electron chi connectivity index (χ2n) is 7.11. The maximum absolute atomic E-state index is 13.2. The number of nitrogens with zero attached hydrogens (tertiary/aromatic N) is 1. The maximum Gasteiger partial charge on any atom is 0.264 e. The van der Waals surface area contributed by atoms with Crippen molar-refractivity contribution in [3.05, 3.63) is 87.9 Å². The lowest BCUT2D eigenvalue weighted by atomic mass is 10.1. The van der Waals surface area contributed by atoms with E-state index in [9.17, 15) is 13.2 Å². The summed E-state index contributed by atoms with van der Waals surface area (Å²) < 4.78 is 27.8. The first-order chi connectivity index (χ1) is 14.3. The maximum atomic E-state index is 13.2. The molecule has 0 spiro atoms. The Morgan fingerprint density at radius 3 is 2.20 bits per heavy atom. The number of amides is 1. The molecule has 5 nitrogen and oxygen atoms in total. The number of sulfonamides is 1. The molecule has 0 unspecified atom stereocenters. The molecule has 154 valence electrons. The second-order valence-corrected chi connectivity index (χ2v) is 9.80. The van der Waals surface area contributed by atoms with Crippen LogP contribution in [0.15, 0.2) is 71.6 Å². The van der Waals surface area contributed by atoms with Gasteiger partial charge in [-0.1, -0.05) is 23.2 Å². The lowest BCUT2D eigenvalue weighted by Gasteiger charge is -2.24. The third-order valence-electron chi connectivity index (χ3n) is 4.97. The van der Waals surface area contributed by atoms with Crippen LogP contribution in [0.5, 0.6) is 0 Å². The van der Waals surface area contributed by atoms with Gasteiger partial charge in [0.2, 0.25) is 0 Å². The standard InChI is InChI=1S/C22H18Cl2N2O3S/c1-14-12-16-13-15(22(27)25-19-7-3-17(23)4-8-19)2-11-21(16)26(14)30(28,29)20-9-5-18(24)6-10-20/h2-11,13-14H,12H2,1H3,(H,25,27)/t14-/m1/s1. The number of benzene rings is 3. The smallest absolute Gasteiger partial charge is 0.264 e. The summed E-state index contributed by atoms with van der Waals surface area (Å²) in [5.74, 6) is -0.271. The number of nitrogens with one attached hydrogen (secondary N) is 1. The molecular weight excluding hydrogens is 443 g/mol. The molecule has 0 radical (unpaired) electrons. The number of halogens is 2. The Morgan fingerprint density at radius 1 is 0.967 bits per heavy atom. The quantitative estimate of drug-likeness (QED) is 0.567. The third-order valence-corrected chi connectivity index (χ3v) is 7.41. The van der Waals surface area contributed by atoms with Gasteiger partial charge >= 0.3 is 0 Å². The van der Waals surface area contributed by atoms with E-state index in [0.717, 1.165) is 5.56 Å². The molecule has 4 rings (SSSR count). The molecule has 1 N–H and O–H groups in total. The van der Waals surface area contributed by atoms with E-state index in [4.69, 9.17) is 23.2 Å². The minimum absolute atomic E-state index is 0.177. The summed E-state index contributed by atoms with van der Waals surface area (Å²) >= 11 is 11.8. The molecule has 1 amide bonds. The number of anilines is 2. The summed E-state index contributed by atoms with van der Waals surface area (Å²) in [6, 6.07) is 17.7. The van der Waals surface area contributed by atoms with E-state index < -0.39 is 10.0 Å². The largest absolute Gasteiger partial charge is 0.322 e. The van der Waals surface area contributed by atoms with Crippen molar-refractivity contribution in [3.8, 4) is 0 Å². The summed E-state index contributed by atoms with van der Waals surface area (Å²) in [5.41, 5.74) is 2.48. The Morgan fingerprint density at radius 2 is 1.57 bits per heavy atom. The fraction of sp³-hybridized carbons (Fsp3) is 0.136. The van der Waals surface area contributed by atoms with Crippen LogP contribution in [0.25, 0.3) is 0 Å². The molecule has 0 bridgehead atoms. The van der Waals surface area contributed by atoms with Crippen molar-refractivity contribution in [2.45, 2.75) is 24.3 Å². The van der Waals surface area contributed by atoms with E-state index in [1.807, 2.05) is 6.92 Å². The molecule has 8 heteroatoms. The second kappa shape index (κ2) is 7.95. The monoisotopic (exact) mass is 460 g/mol. The van der Waals surface area contributed by atoms with Gasteiger partial charge in [-0.2, -0.15) is 0 Å². The highest BCUT2D eigenvalue weighted by Crippen LogP contribution is 2.37. The first-order valence-electron chi connectivity index (χ1n) is 9.25. The Kier molecular flexibility index (Phi) is 5.49. The number of hydrogen-bond donors (Lipinski definition) is 1. The van der Waals surface area contributed by atoms with Crippen molar-refractivity contribution < 1.29 is 13.2 Å². The normalized spacial score (nSPS) is 15.7. The van der Waals surface area contributed by atoms with Crippen LogP contribution >= 0.6 is 23.2 Å². The molecule has 3 aromatic rings. The van der Waals surface area contributed by atoms with Crippen LogP contribution in [0.4, 0.5) is 11.4 Å². The number of rotatable bonds is 4. The Balaban J connectivity index is 1.62. The minimum atomic E-state index is -3.74. The molecule has 30 heavy (non-hydrogen) atoms. The van der Waals surface area contributed by atoms with Crippen molar-refractivity contribution in [2.24, 2.45) is 0 Å². The predicted octanol–water partition coefficient (Wildman–Crippen LogP) is 5.39. The van der Waals surface area contributed by atoms with E-state index in [-0.39, 0.29) is 16.8 Å². The van der Waals surface area contributed by atoms with Crippen LogP contribution in [0.1, 0.15) is 22.8 Å². The van der Waals surface area contributed by atoms with E-state index in [2.05, 4.69) is 5.32 Å². The molecule has 0 saturated heterocycles. The van der Waals surface area contributed by atoms with Crippen LogP contribution in [0, 0.1) is 0 Å². The van der Waals surface area contributed by atoms with Crippen molar-refractivity contribution in [1.82, 2.24) is 0 Å². The highest BCUT2D eigenvalue weighted by Gasteiger charge is 2.36. The van der Waals surface area contributed by atoms with Gasteiger partial charge in [-0.15, -0.1) is 0 Å². The molecule has 1 atom stereocenters. The highest BCUT2D eigenvalue weighted by atomic mass is 35.5. The lowest BCUT2D eigenvalue weighted by molar-refractivity contribution is 0.102. The average molecular weight is 461 g/mol. The van der Waals surface area contributed by atoms with Crippen LogP contribution < -0.4 is 9.62 Å². The highest BCUT2D eigenvalue weighted by molar-refractivity contribution is 7.92. The zero-order valence-electron chi connectivity index (χ0n) is 16.0. The topological polar surface area (TPSA) is 66.5 Å². The van der Waals surface area contributed by atoms with Gasteiger partial charge in [-0.3, -0.25) is 9.10 Å². The van der Waals surface area contributed by atoms with Crippen molar-refractivity contribution >= 4 is 50.5 Å². The molecule has 1 aliphatic heterocycles. The van der Waals surface area contributed by atoms with Gasteiger partial charge in [-0.25, -0.2) is 8.42 Å². The minimum Gasteiger partial charge on any atom is -0.322 e. The van der Waals surface area contributed by atoms with Gasteiger partial charge in [0.25, 0.3) is 15.9 Å². The molecule has 0 aliphatic carbocycles. The number of carbonyl (C=O) groups is 1. The van der Waals surface area contributed by atoms with Crippen LogP contribution in [0.3, 0.4) is 0 Å². The average Bonchev–Trinajstić information content (AvgIpc) is 3.05. The van der Waals surface area contributed by atoms with Crippen LogP contribution in [-0.4, -0.2) is 20.4 Å². The van der Waals surface area contributed by atoms with E-state index in [1.165, 1.54) is 16.4 Å². The van der Waals surface area contributed by atoms with Gasteiger partial charge in [0.1, 0.15) is 0 Å². The first kappa shape index (κ1) is 20.7. The first-order valence-corrected chi connectivity index (χ1v) is 11.4. The summed E-state index contributed by atoms with van der Waals surface area (Å²) in [5, 5.41) is 3.88. The summed E-state index contributed by atoms with van der Waals surface area (Å²) in [6.07, 6.45) is 0.518. The SMILES string of the molecule is C[C@@H]1Cc2cc(C(=O)Nc3ccc(Cl)cc3)ccc2N1S(=O)(=O)c1ccc(Cl)cc1. The van der Waals surface area contributed by atoms with Gasteiger partial charge in [-0.05, 0) is 85.6 Å². The Labute approximate surface area is 185 Å². The molecule has 1 heterocycles. The van der Waals surface area contributed by atoms with Gasteiger partial charge in [0.15, 0.2) is 0 Å². The van der Waals surface area contributed by atoms with Gasteiger partial charge in [0.05, 0.1) is 10.6 Å². The van der Waals surface area contributed by atoms with E-state index in [0.29, 0.717) is 33.4 Å². The zero-order valence-corrected chi connectivity index (χ0v) is 18.3. The summed E-state index contributed by atoms with van der Waals surface area (Å²) in [7, 11) is -3.74. The van der Waals surface area contributed by atoms with Crippen molar-refractivity contribution in [2.75, 3.05) is 9.62 Å². The van der Waals surface area contributed by atoms with Crippen LogP contribution in [0.2, 0.25) is 10.0 Å². The third kappa shape index (κ3) is 3.90. The Bertz CT molecular complexity index is 1210. The lowest BCUT2D eigenvalue weighted by Crippen LogP contribution is -2.35.